The minimum absolute atomic E-state index is 0.0965. The van der Waals surface area contributed by atoms with Gasteiger partial charge >= 0.3 is 0 Å². The van der Waals surface area contributed by atoms with Crippen LogP contribution in [0.25, 0.3) is 11.4 Å². The Morgan fingerprint density at radius 1 is 1.50 bits per heavy atom. The predicted octanol–water partition coefficient (Wildman–Crippen LogP) is 1.07. The van der Waals surface area contributed by atoms with Crippen molar-refractivity contribution in [2.75, 3.05) is 11.9 Å². The van der Waals surface area contributed by atoms with Crippen molar-refractivity contribution in [2.45, 2.75) is 13.3 Å². The first kappa shape index (κ1) is 12.3. The van der Waals surface area contributed by atoms with E-state index in [-0.39, 0.29) is 5.91 Å². The Labute approximate surface area is 105 Å². The second-order valence-electron chi connectivity index (χ2n) is 3.91. The van der Waals surface area contributed by atoms with Crippen LogP contribution in [0.3, 0.4) is 0 Å². The summed E-state index contributed by atoms with van der Waals surface area (Å²) in [7, 11) is 0. The van der Waals surface area contributed by atoms with E-state index in [2.05, 4.69) is 20.5 Å². The third-order valence-corrected chi connectivity index (χ3v) is 2.37. The van der Waals surface area contributed by atoms with Crippen LogP contribution in [0.2, 0.25) is 0 Å². The molecule has 0 aliphatic carbocycles. The fourth-order valence-corrected chi connectivity index (χ4v) is 1.56. The van der Waals surface area contributed by atoms with Gasteiger partial charge in [0.25, 0.3) is 0 Å². The van der Waals surface area contributed by atoms with E-state index >= 15 is 0 Å². The van der Waals surface area contributed by atoms with Crippen LogP contribution < -0.4 is 11.1 Å². The number of anilines is 1. The molecule has 0 atom stereocenters. The lowest BCUT2D eigenvalue weighted by Crippen LogP contribution is -2.16. The van der Waals surface area contributed by atoms with Gasteiger partial charge in [0.15, 0.2) is 5.82 Å². The van der Waals surface area contributed by atoms with Crippen molar-refractivity contribution >= 4 is 11.6 Å². The standard InChI is InChI=1S/C12H15N5O/c1-8-14-12(17-16-8)9-3-2-4-10(7-9)15-11(18)5-6-13/h2-4,7H,5-6,13H2,1H3,(H,15,18)(H,14,16,17). The summed E-state index contributed by atoms with van der Waals surface area (Å²) in [4.78, 5) is 15.7. The van der Waals surface area contributed by atoms with Crippen LogP contribution in [-0.4, -0.2) is 27.6 Å². The van der Waals surface area contributed by atoms with Gasteiger partial charge in [-0.1, -0.05) is 12.1 Å². The van der Waals surface area contributed by atoms with E-state index in [0.29, 0.717) is 24.5 Å². The first-order chi connectivity index (χ1) is 8.69. The van der Waals surface area contributed by atoms with Gasteiger partial charge in [0, 0.05) is 24.2 Å². The smallest absolute Gasteiger partial charge is 0.225 e. The van der Waals surface area contributed by atoms with Gasteiger partial charge in [-0.15, -0.1) is 0 Å². The number of rotatable bonds is 4. The lowest BCUT2D eigenvalue weighted by molar-refractivity contribution is -0.116. The molecule has 0 spiro atoms. The number of aryl methyl sites for hydroxylation is 1. The molecule has 0 saturated heterocycles. The number of H-pyrrole nitrogens is 1. The summed E-state index contributed by atoms with van der Waals surface area (Å²) in [5, 5.41) is 9.63. The van der Waals surface area contributed by atoms with Gasteiger partial charge in [-0.3, -0.25) is 9.89 Å². The average Bonchev–Trinajstić information content (AvgIpc) is 2.76. The zero-order valence-electron chi connectivity index (χ0n) is 10.1. The molecule has 0 unspecified atom stereocenters. The molecule has 0 bridgehead atoms. The number of amides is 1. The van der Waals surface area contributed by atoms with E-state index in [9.17, 15) is 4.79 Å². The molecule has 1 aromatic carbocycles. The summed E-state index contributed by atoms with van der Waals surface area (Å²) >= 11 is 0. The van der Waals surface area contributed by atoms with E-state index in [1.807, 2.05) is 31.2 Å². The van der Waals surface area contributed by atoms with Gasteiger partial charge in [-0.25, -0.2) is 4.98 Å². The summed E-state index contributed by atoms with van der Waals surface area (Å²) in [6.07, 6.45) is 0.310. The minimum Gasteiger partial charge on any atom is -0.330 e. The first-order valence-corrected chi connectivity index (χ1v) is 5.68. The Morgan fingerprint density at radius 3 is 3.00 bits per heavy atom. The third-order valence-electron chi connectivity index (χ3n) is 2.37. The van der Waals surface area contributed by atoms with Gasteiger partial charge in [0.05, 0.1) is 0 Å². The lowest BCUT2D eigenvalue weighted by Gasteiger charge is -2.05. The number of hydrogen-bond donors (Lipinski definition) is 3. The number of carbonyl (C=O) groups is 1. The second-order valence-corrected chi connectivity index (χ2v) is 3.91. The summed E-state index contributed by atoms with van der Waals surface area (Å²) in [5.74, 6) is 1.27. The van der Waals surface area contributed by atoms with Crippen molar-refractivity contribution in [1.29, 1.82) is 0 Å². The Balaban J connectivity index is 2.17. The monoisotopic (exact) mass is 245 g/mol. The number of benzene rings is 1. The van der Waals surface area contributed by atoms with Crippen molar-refractivity contribution in [1.82, 2.24) is 15.2 Å². The van der Waals surface area contributed by atoms with Gasteiger partial charge in [0.1, 0.15) is 5.82 Å². The molecule has 1 aromatic heterocycles. The first-order valence-electron chi connectivity index (χ1n) is 5.68. The van der Waals surface area contributed by atoms with Crippen LogP contribution in [0.5, 0.6) is 0 Å². The Hall–Kier alpha value is -2.21. The van der Waals surface area contributed by atoms with Crippen molar-refractivity contribution < 1.29 is 4.79 Å². The number of aromatic nitrogens is 3. The summed E-state index contributed by atoms with van der Waals surface area (Å²) in [6, 6.07) is 7.38. The van der Waals surface area contributed by atoms with Gasteiger partial charge < -0.3 is 11.1 Å². The van der Waals surface area contributed by atoms with Crippen molar-refractivity contribution in [3.8, 4) is 11.4 Å². The van der Waals surface area contributed by atoms with Crippen LogP contribution >= 0.6 is 0 Å². The van der Waals surface area contributed by atoms with Gasteiger partial charge in [-0.2, -0.15) is 5.10 Å². The number of nitrogens with two attached hydrogens (primary N) is 1. The fourth-order valence-electron chi connectivity index (χ4n) is 1.56. The van der Waals surface area contributed by atoms with Crippen LogP contribution in [0.4, 0.5) is 5.69 Å². The van der Waals surface area contributed by atoms with Crippen LogP contribution in [0.1, 0.15) is 12.2 Å². The second kappa shape index (κ2) is 5.42. The summed E-state index contributed by atoms with van der Waals surface area (Å²) in [6.45, 7) is 2.18. The zero-order chi connectivity index (χ0) is 13.0. The normalized spacial score (nSPS) is 10.3. The van der Waals surface area contributed by atoms with Crippen LogP contribution in [0, 0.1) is 6.92 Å². The number of hydrogen-bond acceptors (Lipinski definition) is 4. The maximum Gasteiger partial charge on any atom is 0.225 e. The quantitative estimate of drug-likeness (QED) is 0.750. The molecular weight excluding hydrogens is 230 g/mol. The molecule has 0 radical (unpaired) electrons. The molecule has 2 aromatic rings. The molecule has 6 nitrogen and oxygen atoms in total. The highest BCUT2D eigenvalue weighted by Gasteiger charge is 2.06. The Kier molecular flexibility index (Phi) is 3.69. The topological polar surface area (TPSA) is 96.7 Å². The lowest BCUT2D eigenvalue weighted by atomic mass is 10.2. The average molecular weight is 245 g/mol. The van der Waals surface area contributed by atoms with Crippen molar-refractivity contribution in [3.63, 3.8) is 0 Å². The number of nitrogens with one attached hydrogen (secondary N) is 2. The van der Waals surface area contributed by atoms with Crippen LogP contribution in [-0.2, 0) is 4.79 Å². The summed E-state index contributed by atoms with van der Waals surface area (Å²) in [5.41, 5.74) is 6.89. The Bertz CT molecular complexity index is 549. The van der Waals surface area contributed by atoms with E-state index in [0.717, 1.165) is 11.4 Å². The van der Waals surface area contributed by atoms with Gasteiger partial charge in [0.2, 0.25) is 5.91 Å². The fraction of sp³-hybridized carbons (Fsp3) is 0.250. The van der Waals surface area contributed by atoms with E-state index < -0.39 is 0 Å². The summed E-state index contributed by atoms with van der Waals surface area (Å²) < 4.78 is 0. The maximum atomic E-state index is 11.4. The highest BCUT2D eigenvalue weighted by Crippen LogP contribution is 2.19. The molecule has 4 N–H and O–H groups in total. The number of aromatic amines is 1. The van der Waals surface area contributed by atoms with E-state index in [1.165, 1.54) is 0 Å². The minimum atomic E-state index is -0.0965. The highest BCUT2D eigenvalue weighted by molar-refractivity contribution is 5.91. The predicted molar refractivity (Wildman–Crippen MR) is 68.9 cm³/mol. The molecular formula is C12H15N5O. The molecule has 0 aliphatic rings. The molecule has 18 heavy (non-hydrogen) atoms. The molecule has 0 fully saturated rings. The molecule has 94 valence electrons. The number of carbonyl (C=O) groups excluding carboxylic acids is 1. The third kappa shape index (κ3) is 2.92. The van der Waals surface area contributed by atoms with Gasteiger partial charge in [-0.05, 0) is 19.1 Å². The van der Waals surface area contributed by atoms with Crippen molar-refractivity contribution in [3.05, 3.63) is 30.1 Å². The SMILES string of the molecule is Cc1nc(-c2cccc(NC(=O)CCN)c2)n[nH]1. The van der Waals surface area contributed by atoms with Crippen molar-refractivity contribution in [2.24, 2.45) is 5.73 Å². The Morgan fingerprint density at radius 2 is 2.33 bits per heavy atom. The molecule has 1 amide bonds. The number of nitrogens with zero attached hydrogens (tertiary/aromatic N) is 2. The molecule has 1 heterocycles. The van der Waals surface area contributed by atoms with E-state index in [4.69, 9.17) is 5.73 Å². The highest BCUT2D eigenvalue weighted by atomic mass is 16.1. The van der Waals surface area contributed by atoms with E-state index in [1.54, 1.807) is 0 Å². The molecule has 6 heteroatoms. The molecule has 0 aliphatic heterocycles. The largest absolute Gasteiger partial charge is 0.330 e. The zero-order valence-corrected chi connectivity index (χ0v) is 10.1. The maximum absolute atomic E-state index is 11.4. The molecule has 0 saturated carbocycles. The molecule has 2 rings (SSSR count). The van der Waals surface area contributed by atoms with Crippen LogP contribution in [0.15, 0.2) is 24.3 Å².